The summed E-state index contributed by atoms with van der Waals surface area (Å²) < 4.78 is 0. The Hall–Kier alpha value is -1.92. The van der Waals surface area contributed by atoms with Crippen molar-refractivity contribution in [2.75, 3.05) is 0 Å². The lowest BCUT2D eigenvalue weighted by Gasteiger charge is -2.29. The van der Waals surface area contributed by atoms with Gasteiger partial charge in [-0.15, -0.1) is 0 Å². The molecule has 0 aliphatic carbocycles. The lowest BCUT2D eigenvalue weighted by atomic mass is 9.94. The number of carbonyl (C=O) groups is 2. The summed E-state index contributed by atoms with van der Waals surface area (Å²) in [6.07, 6.45) is 4.65. The Kier molecular flexibility index (Phi) is 10.3. The molecule has 0 aromatic heterocycles. The van der Waals surface area contributed by atoms with Crippen molar-refractivity contribution in [3.8, 4) is 0 Å². The van der Waals surface area contributed by atoms with Gasteiger partial charge in [-0.05, 0) is 65.5 Å². The molecule has 0 saturated carbocycles. The summed E-state index contributed by atoms with van der Waals surface area (Å²) >= 11 is 0. The number of hydrogen-bond acceptors (Lipinski definition) is 6. The van der Waals surface area contributed by atoms with E-state index in [9.17, 15) is 9.59 Å². The van der Waals surface area contributed by atoms with Crippen LogP contribution in [0.2, 0.25) is 0 Å². The lowest BCUT2D eigenvalue weighted by molar-refractivity contribution is -0.337. The van der Waals surface area contributed by atoms with Crippen molar-refractivity contribution < 1.29 is 29.1 Å². The molecule has 0 saturated heterocycles. The highest BCUT2D eigenvalue weighted by molar-refractivity contribution is 5.88. The number of benzene rings is 1. The van der Waals surface area contributed by atoms with E-state index >= 15 is 0 Å². The van der Waals surface area contributed by atoms with Crippen molar-refractivity contribution in [3.05, 3.63) is 35.9 Å². The second-order valence-corrected chi connectivity index (χ2v) is 8.57. The Morgan fingerprint density at radius 3 is 1.97 bits per heavy atom. The van der Waals surface area contributed by atoms with Crippen molar-refractivity contribution in [2.45, 2.75) is 91.3 Å². The molecular weight excluding hydrogens is 372 g/mol. The normalized spacial score (nSPS) is 13.0. The van der Waals surface area contributed by atoms with Gasteiger partial charge in [-0.3, -0.25) is 9.78 Å². The fourth-order valence-electron chi connectivity index (χ4n) is 2.62. The van der Waals surface area contributed by atoms with Gasteiger partial charge in [0.25, 0.3) is 0 Å². The third-order valence-electron chi connectivity index (χ3n) is 4.76. The first-order chi connectivity index (χ1) is 13.6. The van der Waals surface area contributed by atoms with Gasteiger partial charge in [0, 0.05) is 0 Å². The summed E-state index contributed by atoms with van der Waals surface area (Å²) in [4.78, 5) is 45.1. The monoisotopic (exact) mass is 408 g/mol. The minimum atomic E-state index is -0.720. The van der Waals surface area contributed by atoms with E-state index in [0.717, 1.165) is 25.7 Å². The topological polar surface area (TPSA) is 71.1 Å². The van der Waals surface area contributed by atoms with E-state index in [1.54, 1.807) is 24.3 Å². The van der Waals surface area contributed by atoms with Gasteiger partial charge in [-0.25, -0.2) is 9.59 Å². The Bertz CT molecular complexity index is 624. The molecule has 0 fully saturated rings. The van der Waals surface area contributed by atoms with Crippen molar-refractivity contribution in [2.24, 2.45) is 5.92 Å². The standard InChI is InChI=1S/C23H36O6/c1-7-9-13-18(8-2)20(24)26-28-22(3,4)16-17-23(5,6)29-27-21(25)19-14-11-10-12-15-19/h10-12,14-15,18H,7-9,13,16-17H2,1-6H3. The highest BCUT2D eigenvalue weighted by Gasteiger charge is 2.30. The first kappa shape index (κ1) is 25.1. The van der Waals surface area contributed by atoms with Crippen molar-refractivity contribution in [1.82, 2.24) is 0 Å². The molecule has 29 heavy (non-hydrogen) atoms. The average Bonchev–Trinajstić information content (AvgIpc) is 2.70. The van der Waals surface area contributed by atoms with Crippen LogP contribution in [0.5, 0.6) is 0 Å². The van der Waals surface area contributed by atoms with Gasteiger partial charge < -0.3 is 0 Å². The SMILES string of the molecule is CCCCC(CC)C(=O)OOC(C)(C)CCC(C)(C)OOC(=O)c1ccccc1. The van der Waals surface area contributed by atoms with Crippen LogP contribution in [-0.4, -0.2) is 23.1 Å². The molecule has 0 aliphatic heterocycles. The summed E-state index contributed by atoms with van der Waals surface area (Å²) in [5.74, 6) is -0.995. The Morgan fingerprint density at radius 2 is 1.45 bits per heavy atom. The Labute approximate surface area is 174 Å². The third-order valence-corrected chi connectivity index (χ3v) is 4.76. The molecule has 0 radical (unpaired) electrons. The molecule has 1 rings (SSSR count). The molecule has 1 atom stereocenters. The van der Waals surface area contributed by atoms with Gasteiger partial charge in [-0.1, -0.05) is 44.9 Å². The molecule has 1 aromatic carbocycles. The van der Waals surface area contributed by atoms with E-state index < -0.39 is 17.2 Å². The zero-order valence-corrected chi connectivity index (χ0v) is 18.7. The van der Waals surface area contributed by atoms with Gasteiger partial charge in [0.1, 0.15) is 11.2 Å². The van der Waals surface area contributed by atoms with Gasteiger partial charge in [-0.2, -0.15) is 9.78 Å². The quantitative estimate of drug-likeness (QED) is 0.303. The maximum atomic E-state index is 12.2. The fourth-order valence-corrected chi connectivity index (χ4v) is 2.62. The second-order valence-electron chi connectivity index (χ2n) is 8.57. The molecule has 0 bridgehead atoms. The lowest BCUT2D eigenvalue weighted by Crippen LogP contribution is -2.33. The average molecular weight is 409 g/mol. The summed E-state index contributed by atoms with van der Waals surface area (Å²) in [7, 11) is 0. The predicted octanol–water partition coefficient (Wildman–Crippen LogP) is 5.80. The van der Waals surface area contributed by atoms with Crippen LogP contribution < -0.4 is 0 Å². The van der Waals surface area contributed by atoms with Crippen LogP contribution in [0.15, 0.2) is 30.3 Å². The highest BCUT2D eigenvalue weighted by Crippen LogP contribution is 2.26. The highest BCUT2D eigenvalue weighted by atomic mass is 17.2. The van der Waals surface area contributed by atoms with Crippen molar-refractivity contribution >= 4 is 11.9 Å². The van der Waals surface area contributed by atoms with E-state index in [1.165, 1.54) is 0 Å². The summed E-state index contributed by atoms with van der Waals surface area (Å²) in [5, 5.41) is 0. The van der Waals surface area contributed by atoms with Gasteiger partial charge >= 0.3 is 11.9 Å². The minimum Gasteiger partial charge on any atom is -0.298 e. The van der Waals surface area contributed by atoms with Crippen LogP contribution in [0, 0.1) is 5.92 Å². The maximum absolute atomic E-state index is 12.2. The number of rotatable bonds is 13. The second kappa shape index (κ2) is 11.9. The van der Waals surface area contributed by atoms with Crippen LogP contribution in [-0.2, 0) is 24.3 Å². The Balaban J connectivity index is 2.43. The zero-order chi connectivity index (χ0) is 21.9. The van der Waals surface area contributed by atoms with Crippen LogP contribution in [0.25, 0.3) is 0 Å². The van der Waals surface area contributed by atoms with Crippen LogP contribution in [0.3, 0.4) is 0 Å². The first-order valence-corrected chi connectivity index (χ1v) is 10.4. The molecule has 6 heteroatoms. The van der Waals surface area contributed by atoms with Crippen LogP contribution in [0.1, 0.15) is 90.4 Å². The first-order valence-electron chi connectivity index (χ1n) is 10.4. The molecule has 1 aromatic rings. The maximum Gasteiger partial charge on any atom is 0.373 e. The molecule has 1 unspecified atom stereocenters. The van der Waals surface area contributed by atoms with E-state index in [0.29, 0.717) is 18.4 Å². The largest absolute Gasteiger partial charge is 0.373 e. The van der Waals surface area contributed by atoms with Crippen molar-refractivity contribution in [1.29, 1.82) is 0 Å². The molecule has 0 aliphatic rings. The molecule has 0 amide bonds. The van der Waals surface area contributed by atoms with E-state index in [-0.39, 0.29) is 11.9 Å². The van der Waals surface area contributed by atoms with E-state index in [2.05, 4.69) is 6.92 Å². The van der Waals surface area contributed by atoms with Gasteiger partial charge in [0.15, 0.2) is 0 Å². The number of unbranched alkanes of at least 4 members (excludes halogenated alkanes) is 1. The molecule has 0 N–H and O–H groups in total. The molecular formula is C23H36O6. The predicted molar refractivity (Wildman–Crippen MR) is 111 cm³/mol. The fraction of sp³-hybridized carbons (Fsp3) is 0.652. The summed E-state index contributed by atoms with van der Waals surface area (Å²) in [6.45, 7) is 11.4. The molecule has 0 spiro atoms. The Morgan fingerprint density at radius 1 is 0.897 bits per heavy atom. The number of hydrogen-bond donors (Lipinski definition) is 0. The van der Waals surface area contributed by atoms with Gasteiger partial charge in [0.2, 0.25) is 0 Å². The van der Waals surface area contributed by atoms with Crippen LogP contribution in [0.4, 0.5) is 0 Å². The van der Waals surface area contributed by atoms with Crippen LogP contribution >= 0.6 is 0 Å². The number of carbonyl (C=O) groups excluding carboxylic acids is 2. The van der Waals surface area contributed by atoms with E-state index in [1.807, 2.05) is 40.7 Å². The zero-order valence-electron chi connectivity index (χ0n) is 18.7. The molecule has 6 nitrogen and oxygen atoms in total. The summed E-state index contributed by atoms with van der Waals surface area (Å²) in [5.41, 5.74) is -0.988. The van der Waals surface area contributed by atoms with E-state index in [4.69, 9.17) is 19.6 Å². The minimum absolute atomic E-state index is 0.136. The third kappa shape index (κ3) is 9.90. The van der Waals surface area contributed by atoms with Gasteiger partial charge in [0.05, 0.1) is 11.5 Å². The molecule has 164 valence electrons. The van der Waals surface area contributed by atoms with Crippen molar-refractivity contribution in [3.63, 3.8) is 0 Å². The summed E-state index contributed by atoms with van der Waals surface area (Å²) in [6, 6.07) is 8.66. The molecule has 0 heterocycles. The smallest absolute Gasteiger partial charge is 0.298 e.